The number of rotatable bonds is 5. The summed E-state index contributed by atoms with van der Waals surface area (Å²) in [5, 5.41) is 1.14. The van der Waals surface area contributed by atoms with E-state index in [2.05, 4.69) is 9.88 Å². The Labute approximate surface area is 176 Å². The van der Waals surface area contributed by atoms with E-state index in [1.165, 1.54) is 24.0 Å². The summed E-state index contributed by atoms with van der Waals surface area (Å²) in [5.74, 6) is 1.91. The number of piperazine rings is 1. The topological polar surface area (TPSA) is 58.8 Å². The van der Waals surface area contributed by atoms with Crippen LogP contribution < -0.4 is 4.74 Å². The average Bonchev–Trinajstić information content (AvgIpc) is 3.17. The van der Waals surface area contributed by atoms with Gasteiger partial charge in [0, 0.05) is 62.5 Å². The lowest BCUT2D eigenvalue weighted by Crippen LogP contribution is -2.49. The van der Waals surface area contributed by atoms with Gasteiger partial charge in [-0.2, -0.15) is 0 Å². The van der Waals surface area contributed by atoms with Gasteiger partial charge in [-0.3, -0.25) is 14.7 Å². The van der Waals surface area contributed by atoms with Crippen LogP contribution in [-0.2, 0) is 24.2 Å². The first-order valence-corrected chi connectivity index (χ1v) is 10.8. The van der Waals surface area contributed by atoms with Gasteiger partial charge >= 0.3 is 0 Å². The fraction of sp³-hybridized carbons (Fsp3) is 0.417. The molecule has 0 radical (unpaired) electrons. The Hall–Kier alpha value is -2.86. The van der Waals surface area contributed by atoms with Crippen LogP contribution in [0.1, 0.15) is 29.7 Å². The zero-order chi connectivity index (χ0) is 20.3. The molecule has 1 aliphatic carbocycles. The number of hydrogen-bond donors (Lipinski definition) is 0. The molecule has 0 unspecified atom stereocenters. The summed E-state index contributed by atoms with van der Waals surface area (Å²) >= 11 is 0. The quantitative estimate of drug-likeness (QED) is 0.651. The number of ether oxygens (including phenoxy) is 1. The highest BCUT2D eigenvalue weighted by molar-refractivity contribution is 5.84. The molecule has 0 saturated carbocycles. The molecule has 6 nitrogen and oxygen atoms in total. The Kier molecular flexibility index (Phi) is 5.41. The van der Waals surface area contributed by atoms with E-state index in [0.717, 1.165) is 68.0 Å². The molecule has 30 heavy (non-hydrogen) atoms. The first-order valence-electron chi connectivity index (χ1n) is 10.8. The molecule has 3 heterocycles. The second-order valence-corrected chi connectivity index (χ2v) is 8.17. The Morgan fingerprint density at radius 3 is 2.67 bits per heavy atom. The minimum atomic E-state index is 0.0490. The third-order valence-electron chi connectivity index (χ3n) is 6.17. The van der Waals surface area contributed by atoms with Gasteiger partial charge in [0.05, 0.1) is 0 Å². The van der Waals surface area contributed by atoms with Crippen LogP contribution in [0, 0.1) is 0 Å². The average molecular weight is 405 g/mol. The molecule has 1 aliphatic heterocycles. The molecular formula is C24H27N3O3. The van der Waals surface area contributed by atoms with Gasteiger partial charge in [-0.1, -0.05) is 0 Å². The molecular weight excluding hydrogens is 378 g/mol. The lowest BCUT2D eigenvalue weighted by Gasteiger charge is -2.34. The SMILES string of the molecule is O=C(COc1ccc2oc3c(c2c1)CCCC3)N1CCN(Cc2ccncc2)CC1. The van der Waals surface area contributed by atoms with Crippen LogP contribution in [0.5, 0.6) is 5.75 Å². The maximum absolute atomic E-state index is 12.6. The maximum Gasteiger partial charge on any atom is 0.260 e. The van der Waals surface area contributed by atoms with Crippen molar-refractivity contribution in [2.24, 2.45) is 0 Å². The first-order chi connectivity index (χ1) is 14.8. The monoisotopic (exact) mass is 405 g/mol. The molecule has 156 valence electrons. The summed E-state index contributed by atoms with van der Waals surface area (Å²) in [6.45, 7) is 4.21. The summed E-state index contributed by atoms with van der Waals surface area (Å²) in [5.41, 5.74) is 3.49. The minimum Gasteiger partial charge on any atom is -0.484 e. The van der Waals surface area contributed by atoms with E-state index in [1.807, 2.05) is 47.6 Å². The number of aromatic nitrogens is 1. The molecule has 0 atom stereocenters. The number of aryl methyl sites for hydroxylation is 2. The Morgan fingerprint density at radius 1 is 1.03 bits per heavy atom. The first kappa shape index (κ1) is 19.1. The summed E-state index contributed by atoms with van der Waals surface area (Å²) in [4.78, 5) is 21.0. The molecule has 0 spiro atoms. The number of carbonyl (C=O) groups is 1. The number of hydrogen-bond acceptors (Lipinski definition) is 5. The number of benzene rings is 1. The summed E-state index contributed by atoms with van der Waals surface area (Å²) in [7, 11) is 0. The van der Waals surface area contributed by atoms with E-state index in [-0.39, 0.29) is 12.5 Å². The van der Waals surface area contributed by atoms with Crippen molar-refractivity contribution < 1.29 is 13.9 Å². The van der Waals surface area contributed by atoms with Crippen LogP contribution in [0.4, 0.5) is 0 Å². The highest BCUT2D eigenvalue weighted by atomic mass is 16.5. The molecule has 0 bridgehead atoms. The van der Waals surface area contributed by atoms with Crippen LogP contribution >= 0.6 is 0 Å². The number of furan rings is 1. The highest BCUT2D eigenvalue weighted by Crippen LogP contribution is 2.33. The Balaban J connectivity index is 1.15. The lowest BCUT2D eigenvalue weighted by atomic mass is 9.96. The predicted octanol–water partition coefficient (Wildman–Crippen LogP) is 3.43. The zero-order valence-corrected chi connectivity index (χ0v) is 17.2. The summed E-state index contributed by atoms with van der Waals surface area (Å²) in [6, 6.07) is 9.98. The van der Waals surface area contributed by atoms with Gasteiger partial charge in [-0.15, -0.1) is 0 Å². The van der Waals surface area contributed by atoms with Crippen LogP contribution in [0.2, 0.25) is 0 Å². The molecule has 5 rings (SSSR count). The third kappa shape index (κ3) is 4.05. The van der Waals surface area contributed by atoms with Crippen molar-refractivity contribution in [3.8, 4) is 5.75 Å². The molecule has 1 fully saturated rings. The van der Waals surface area contributed by atoms with Crippen molar-refractivity contribution in [1.29, 1.82) is 0 Å². The molecule has 0 N–H and O–H groups in total. The molecule has 1 saturated heterocycles. The predicted molar refractivity (Wildman–Crippen MR) is 114 cm³/mol. The fourth-order valence-corrected chi connectivity index (χ4v) is 4.47. The molecule has 3 aromatic rings. The van der Waals surface area contributed by atoms with Crippen LogP contribution in [0.15, 0.2) is 47.1 Å². The fourth-order valence-electron chi connectivity index (χ4n) is 4.47. The van der Waals surface area contributed by atoms with Gasteiger partial charge in [0.25, 0.3) is 5.91 Å². The van der Waals surface area contributed by atoms with Crippen molar-refractivity contribution in [2.45, 2.75) is 32.2 Å². The molecule has 1 aromatic carbocycles. The number of fused-ring (bicyclic) bond motifs is 3. The molecule has 6 heteroatoms. The van der Waals surface area contributed by atoms with E-state index in [4.69, 9.17) is 9.15 Å². The lowest BCUT2D eigenvalue weighted by molar-refractivity contribution is -0.135. The maximum atomic E-state index is 12.6. The number of amides is 1. The molecule has 2 aromatic heterocycles. The van der Waals surface area contributed by atoms with Gasteiger partial charge in [0.2, 0.25) is 0 Å². The van der Waals surface area contributed by atoms with Gasteiger partial charge in [0.15, 0.2) is 6.61 Å². The normalized spacial score (nSPS) is 17.1. The van der Waals surface area contributed by atoms with Gasteiger partial charge in [0.1, 0.15) is 17.1 Å². The van der Waals surface area contributed by atoms with E-state index in [0.29, 0.717) is 0 Å². The largest absolute Gasteiger partial charge is 0.484 e. The van der Waals surface area contributed by atoms with Crippen LogP contribution in [0.3, 0.4) is 0 Å². The molecule has 1 amide bonds. The van der Waals surface area contributed by atoms with E-state index in [9.17, 15) is 4.79 Å². The van der Waals surface area contributed by atoms with Crippen LogP contribution in [-0.4, -0.2) is 53.5 Å². The second-order valence-electron chi connectivity index (χ2n) is 8.17. The van der Waals surface area contributed by atoms with E-state index in [1.54, 1.807) is 0 Å². The van der Waals surface area contributed by atoms with Gasteiger partial charge in [-0.05, 0) is 55.2 Å². The summed E-state index contributed by atoms with van der Waals surface area (Å²) < 4.78 is 11.8. The van der Waals surface area contributed by atoms with Gasteiger partial charge < -0.3 is 14.1 Å². The molecule has 2 aliphatic rings. The van der Waals surface area contributed by atoms with Crippen molar-refractivity contribution in [3.63, 3.8) is 0 Å². The van der Waals surface area contributed by atoms with Gasteiger partial charge in [-0.25, -0.2) is 0 Å². The number of pyridine rings is 1. The number of nitrogens with zero attached hydrogens (tertiary/aromatic N) is 3. The van der Waals surface area contributed by atoms with E-state index >= 15 is 0 Å². The Morgan fingerprint density at radius 2 is 1.83 bits per heavy atom. The smallest absolute Gasteiger partial charge is 0.260 e. The van der Waals surface area contributed by atoms with Crippen molar-refractivity contribution >= 4 is 16.9 Å². The van der Waals surface area contributed by atoms with Crippen molar-refractivity contribution in [1.82, 2.24) is 14.8 Å². The standard InChI is InChI=1S/C24H27N3O3/c28-24(27-13-11-26(12-14-27)16-18-7-9-25-10-8-18)17-29-19-5-6-23-21(15-19)20-3-1-2-4-22(20)30-23/h5-10,15H,1-4,11-14,16-17H2. The Bertz CT molecular complexity index is 1020. The second kappa shape index (κ2) is 8.48. The minimum absolute atomic E-state index is 0.0490. The summed E-state index contributed by atoms with van der Waals surface area (Å²) in [6.07, 6.45) is 8.13. The van der Waals surface area contributed by atoms with Crippen molar-refractivity contribution in [2.75, 3.05) is 32.8 Å². The van der Waals surface area contributed by atoms with E-state index < -0.39 is 0 Å². The number of carbonyl (C=O) groups excluding carboxylic acids is 1. The highest BCUT2D eigenvalue weighted by Gasteiger charge is 2.22. The van der Waals surface area contributed by atoms with Crippen LogP contribution in [0.25, 0.3) is 11.0 Å². The third-order valence-corrected chi connectivity index (χ3v) is 6.17. The zero-order valence-electron chi connectivity index (χ0n) is 17.2. The van der Waals surface area contributed by atoms with Crippen molar-refractivity contribution in [3.05, 3.63) is 59.6 Å².